The van der Waals surface area contributed by atoms with E-state index in [1.54, 1.807) is 6.20 Å². The van der Waals surface area contributed by atoms with E-state index in [-0.39, 0.29) is 5.54 Å². The molecule has 1 aromatic heterocycles. The maximum Gasteiger partial charge on any atom is 0.226 e. The lowest BCUT2D eigenvalue weighted by molar-refractivity contribution is 0.494. The number of likely N-dealkylation sites (N-methyl/N-ethyl adjacent to an activating group) is 1. The number of hydrogen-bond acceptors (Lipinski definition) is 5. The van der Waals surface area contributed by atoms with Crippen molar-refractivity contribution in [1.82, 2.24) is 9.97 Å². The fourth-order valence-electron chi connectivity index (χ4n) is 1.19. The number of nitrogens with zero attached hydrogens (tertiary/aromatic N) is 4. The Labute approximate surface area is 97.3 Å². The molecule has 16 heavy (non-hydrogen) atoms. The number of hydrogen-bond donors (Lipinski definition) is 1. The molecule has 0 aromatic carbocycles. The SMILES string of the molecule is CN(C)c1nccc(N(C)C(C)(C)CN)n1. The van der Waals surface area contributed by atoms with Gasteiger partial charge in [0, 0.05) is 39.4 Å². The molecule has 1 heterocycles. The monoisotopic (exact) mass is 223 g/mol. The standard InChI is InChI=1S/C11H21N5/c1-11(2,8-12)16(5)9-6-7-13-10(14-9)15(3)4/h6-7H,8,12H2,1-5H3. The van der Waals surface area contributed by atoms with Crippen LogP contribution in [0.4, 0.5) is 11.8 Å². The molecule has 0 saturated carbocycles. The van der Waals surface area contributed by atoms with Gasteiger partial charge in [0.2, 0.25) is 5.95 Å². The molecular weight excluding hydrogens is 202 g/mol. The minimum atomic E-state index is -0.113. The van der Waals surface area contributed by atoms with Gasteiger partial charge in [0.05, 0.1) is 0 Å². The van der Waals surface area contributed by atoms with E-state index in [2.05, 4.69) is 28.7 Å². The third-order valence-corrected chi connectivity index (χ3v) is 2.78. The average Bonchev–Trinajstić information content (AvgIpc) is 2.28. The van der Waals surface area contributed by atoms with Crippen molar-refractivity contribution in [2.75, 3.05) is 37.5 Å². The highest BCUT2D eigenvalue weighted by Crippen LogP contribution is 2.20. The molecule has 0 bridgehead atoms. The minimum Gasteiger partial charge on any atom is -0.353 e. The van der Waals surface area contributed by atoms with Gasteiger partial charge < -0.3 is 15.5 Å². The van der Waals surface area contributed by atoms with E-state index in [1.165, 1.54) is 0 Å². The van der Waals surface area contributed by atoms with Crippen LogP contribution in [0.1, 0.15) is 13.8 Å². The second-order valence-corrected chi connectivity index (χ2v) is 4.68. The van der Waals surface area contributed by atoms with Crippen molar-refractivity contribution >= 4 is 11.8 Å². The molecule has 0 unspecified atom stereocenters. The smallest absolute Gasteiger partial charge is 0.226 e. The predicted molar refractivity (Wildman–Crippen MR) is 67.9 cm³/mol. The normalized spacial score (nSPS) is 11.4. The Kier molecular flexibility index (Phi) is 3.70. The van der Waals surface area contributed by atoms with Gasteiger partial charge in [0.1, 0.15) is 5.82 Å². The third-order valence-electron chi connectivity index (χ3n) is 2.78. The van der Waals surface area contributed by atoms with E-state index in [9.17, 15) is 0 Å². The molecule has 0 radical (unpaired) electrons. The molecule has 0 fully saturated rings. The van der Waals surface area contributed by atoms with Crippen molar-refractivity contribution in [1.29, 1.82) is 0 Å². The zero-order valence-electron chi connectivity index (χ0n) is 10.7. The Hall–Kier alpha value is -1.36. The first-order chi connectivity index (χ1) is 7.38. The van der Waals surface area contributed by atoms with Gasteiger partial charge in [-0.3, -0.25) is 0 Å². The quantitative estimate of drug-likeness (QED) is 0.815. The lowest BCUT2D eigenvalue weighted by Gasteiger charge is -2.35. The lowest BCUT2D eigenvalue weighted by Crippen LogP contribution is -2.47. The van der Waals surface area contributed by atoms with Crippen LogP contribution in [0, 0.1) is 0 Å². The van der Waals surface area contributed by atoms with Crippen LogP contribution in [0.25, 0.3) is 0 Å². The first-order valence-corrected chi connectivity index (χ1v) is 5.33. The van der Waals surface area contributed by atoms with Gasteiger partial charge in [-0.2, -0.15) is 4.98 Å². The molecule has 0 saturated heterocycles. The van der Waals surface area contributed by atoms with Crippen LogP contribution in [0.3, 0.4) is 0 Å². The second kappa shape index (κ2) is 4.65. The van der Waals surface area contributed by atoms with Crippen molar-refractivity contribution in [3.8, 4) is 0 Å². The average molecular weight is 223 g/mol. The summed E-state index contributed by atoms with van der Waals surface area (Å²) in [5, 5.41) is 0. The Morgan fingerprint density at radius 3 is 2.44 bits per heavy atom. The molecule has 5 nitrogen and oxygen atoms in total. The van der Waals surface area contributed by atoms with Gasteiger partial charge in [0.25, 0.3) is 0 Å². The predicted octanol–water partition coefficient (Wildman–Crippen LogP) is 0.716. The van der Waals surface area contributed by atoms with Crippen LogP contribution in [0.5, 0.6) is 0 Å². The number of rotatable bonds is 4. The van der Waals surface area contributed by atoms with Gasteiger partial charge in [-0.1, -0.05) is 0 Å². The van der Waals surface area contributed by atoms with Crippen molar-refractivity contribution in [3.05, 3.63) is 12.3 Å². The van der Waals surface area contributed by atoms with Crippen molar-refractivity contribution in [3.63, 3.8) is 0 Å². The van der Waals surface area contributed by atoms with Crippen molar-refractivity contribution in [2.24, 2.45) is 5.73 Å². The summed E-state index contributed by atoms with van der Waals surface area (Å²) in [6.07, 6.45) is 1.76. The van der Waals surface area contributed by atoms with Gasteiger partial charge in [-0.25, -0.2) is 4.98 Å². The van der Waals surface area contributed by atoms with Gasteiger partial charge in [-0.15, -0.1) is 0 Å². The molecule has 0 aliphatic carbocycles. The zero-order valence-corrected chi connectivity index (χ0v) is 10.7. The molecule has 0 aliphatic rings. The van der Waals surface area contributed by atoms with Crippen LogP contribution >= 0.6 is 0 Å². The summed E-state index contributed by atoms with van der Waals surface area (Å²) in [5.41, 5.74) is 5.63. The summed E-state index contributed by atoms with van der Waals surface area (Å²) in [6, 6.07) is 1.89. The minimum absolute atomic E-state index is 0.113. The summed E-state index contributed by atoms with van der Waals surface area (Å²) >= 11 is 0. The van der Waals surface area contributed by atoms with Crippen LogP contribution in [0.2, 0.25) is 0 Å². The van der Waals surface area contributed by atoms with Crippen molar-refractivity contribution < 1.29 is 0 Å². The molecule has 2 N–H and O–H groups in total. The molecule has 5 heteroatoms. The summed E-state index contributed by atoms with van der Waals surface area (Å²) in [4.78, 5) is 12.6. The largest absolute Gasteiger partial charge is 0.353 e. The fraction of sp³-hybridized carbons (Fsp3) is 0.636. The fourth-order valence-corrected chi connectivity index (χ4v) is 1.19. The van der Waals surface area contributed by atoms with E-state index in [4.69, 9.17) is 5.73 Å². The van der Waals surface area contributed by atoms with E-state index in [0.717, 1.165) is 5.82 Å². The Bertz CT molecular complexity index is 348. The maximum atomic E-state index is 5.75. The summed E-state index contributed by atoms with van der Waals surface area (Å²) in [6.45, 7) is 4.75. The molecular formula is C11H21N5. The Balaban J connectivity index is 3.00. The molecule has 90 valence electrons. The first-order valence-electron chi connectivity index (χ1n) is 5.33. The molecule has 0 aliphatic heterocycles. The van der Waals surface area contributed by atoms with Gasteiger partial charge in [0.15, 0.2) is 0 Å². The van der Waals surface area contributed by atoms with E-state index >= 15 is 0 Å². The highest BCUT2D eigenvalue weighted by molar-refractivity contribution is 5.44. The molecule has 0 spiro atoms. The molecule has 0 amide bonds. The van der Waals surface area contributed by atoms with Crippen LogP contribution in [-0.2, 0) is 0 Å². The third kappa shape index (κ3) is 2.61. The Morgan fingerprint density at radius 2 is 1.94 bits per heavy atom. The molecule has 1 rings (SSSR count). The van der Waals surface area contributed by atoms with Gasteiger partial charge >= 0.3 is 0 Å². The van der Waals surface area contributed by atoms with Crippen LogP contribution in [0.15, 0.2) is 12.3 Å². The van der Waals surface area contributed by atoms with Gasteiger partial charge in [-0.05, 0) is 19.9 Å². The van der Waals surface area contributed by atoms with Crippen LogP contribution in [-0.4, -0.2) is 43.2 Å². The summed E-state index contributed by atoms with van der Waals surface area (Å²) < 4.78 is 0. The van der Waals surface area contributed by atoms with E-state index in [0.29, 0.717) is 12.5 Å². The van der Waals surface area contributed by atoms with E-state index < -0.39 is 0 Å². The molecule has 0 atom stereocenters. The lowest BCUT2D eigenvalue weighted by atomic mass is 10.0. The first kappa shape index (κ1) is 12.7. The zero-order chi connectivity index (χ0) is 12.3. The topological polar surface area (TPSA) is 58.3 Å². The number of aromatic nitrogens is 2. The molecule has 1 aromatic rings. The summed E-state index contributed by atoms with van der Waals surface area (Å²) in [5.74, 6) is 1.59. The highest BCUT2D eigenvalue weighted by atomic mass is 15.3. The second-order valence-electron chi connectivity index (χ2n) is 4.68. The maximum absolute atomic E-state index is 5.75. The van der Waals surface area contributed by atoms with Crippen molar-refractivity contribution in [2.45, 2.75) is 19.4 Å². The highest BCUT2D eigenvalue weighted by Gasteiger charge is 2.23. The number of anilines is 2. The Morgan fingerprint density at radius 1 is 1.31 bits per heavy atom. The number of nitrogens with two attached hydrogens (primary N) is 1. The van der Waals surface area contributed by atoms with Crippen LogP contribution < -0.4 is 15.5 Å². The summed E-state index contributed by atoms with van der Waals surface area (Å²) in [7, 11) is 5.84. The van der Waals surface area contributed by atoms with E-state index in [1.807, 2.05) is 32.1 Å².